The van der Waals surface area contributed by atoms with Crippen LogP contribution in [0.3, 0.4) is 0 Å². The van der Waals surface area contributed by atoms with Crippen LogP contribution in [0.4, 0.5) is 10.1 Å². The molecule has 1 aromatic carbocycles. The predicted octanol–water partition coefficient (Wildman–Crippen LogP) is 2.37. The van der Waals surface area contributed by atoms with E-state index in [2.05, 4.69) is 11.0 Å². The number of benzene rings is 1. The Morgan fingerprint density at radius 1 is 1.28 bits per heavy atom. The van der Waals surface area contributed by atoms with Gasteiger partial charge in [-0.1, -0.05) is 6.08 Å². The van der Waals surface area contributed by atoms with Crippen LogP contribution in [0.15, 0.2) is 29.8 Å². The first-order chi connectivity index (χ1) is 8.83. The highest BCUT2D eigenvalue weighted by Gasteiger charge is 2.19. The Kier molecular flexibility index (Phi) is 3.19. The smallest absolute Gasteiger partial charge is 0.145 e. The summed E-state index contributed by atoms with van der Waals surface area (Å²) >= 11 is 0. The van der Waals surface area contributed by atoms with Gasteiger partial charge in [0.05, 0.1) is 25.4 Å². The molecule has 1 aromatic rings. The molecule has 0 spiro atoms. The summed E-state index contributed by atoms with van der Waals surface area (Å²) in [6.45, 7) is 3.78. The van der Waals surface area contributed by atoms with Crippen molar-refractivity contribution in [1.82, 2.24) is 0 Å². The summed E-state index contributed by atoms with van der Waals surface area (Å²) in [7, 11) is 0. The molecule has 3 nitrogen and oxygen atoms in total. The van der Waals surface area contributed by atoms with E-state index in [1.54, 1.807) is 6.07 Å². The third kappa shape index (κ3) is 2.34. The first-order valence-electron chi connectivity index (χ1n) is 6.26. The quantitative estimate of drug-likeness (QED) is 0.751. The molecule has 0 fully saturated rings. The third-order valence-corrected chi connectivity index (χ3v) is 3.26. The predicted molar refractivity (Wildman–Crippen MR) is 67.6 cm³/mol. The SMILES string of the molecule is Fc1ccc2c(c1)OCCN2CC1=CCCOC1. The third-order valence-electron chi connectivity index (χ3n) is 3.26. The van der Waals surface area contributed by atoms with Crippen LogP contribution in [0.2, 0.25) is 0 Å². The highest BCUT2D eigenvalue weighted by Crippen LogP contribution is 2.32. The van der Waals surface area contributed by atoms with Gasteiger partial charge in [-0.25, -0.2) is 4.39 Å². The molecule has 0 N–H and O–H groups in total. The van der Waals surface area contributed by atoms with Crippen LogP contribution in [0, 0.1) is 5.82 Å². The Labute approximate surface area is 106 Å². The van der Waals surface area contributed by atoms with Gasteiger partial charge >= 0.3 is 0 Å². The number of rotatable bonds is 2. The van der Waals surface area contributed by atoms with Crippen LogP contribution >= 0.6 is 0 Å². The van der Waals surface area contributed by atoms with Crippen molar-refractivity contribution in [3.63, 3.8) is 0 Å². The number of fused-ring (bicyclic) bond motifs is 1. The maximum absolute atomic E-state index is 13.2. The minimum Gasteiger partial charge on any atom is -0.489 e. The summed E-state index contributed by atoms with van der Waals surface area (Å²) in [5.74, 6) is 0.384. The van der Waals surface area contributed by atoms with E-state index in [0.29, 0.717) is 19.0 Å². The monoisotopic (exact) mass is 249 g/mol. The number of hydrogen-bond donors (Lipinski definition) is 0. The topological polar surface area (TPSA) is 21.7 Å². The Hall–Kier alpha value is -1.55. The number of nitrogens with zero attached hydrogens (tertiary/aromatic N) is 1. The molecule has 0 saturated heterocycles. The summed E-state index contributed by atoms with van der Waals surface area (Å²) in [5, 5.41) is 0. The standard InChI is InChI=1S/C14H16FNO2/c15-12-3-4-13-14(8-12)18-7-5-16(13)9-11-2-1-6-17-10-11/h2-4,8H,1,5-7,9-10H2. The number of ether oxygens (including phenoxy) is 2. The molecular weight excluding hydrogens is 233 g/mol. The fourth-order valence-corrected chi connectivity index (χ4v) is 2.38. The zero-order chi connectivity index (χ0) is 12.4. The van der Waals surface area contributed by atoms with Gasteiger partial charge < -0.3 is 14.4 Å². The summed E-state index contributed by atoms with van der Waals surface area (Å²) in [6, 6.07) is 4.72. The summed E-state index contributed by atoms with van der Waals surface area (Å²) < 4.78 is 24.1. The van der Waals surface area contributed by atoms with Gasteiger partial charge in [0, 0.05) is 12.6 Å². The van der Waals surface area contributed by atoms with Gasteiger partial charge in [0.2, 0.25) is 0 Å². The fraction of sp³-hybridized carbons (Fsp3) is 0.429. The first-order valence-corrected chi connectivity index (χ1v) is 6.26. The lowest BCUT2D eigenvalue weighted by Crippen LogP contribution is -2.35. The van der Waals surface area contributed by atoms with E-state index >= 15 is 0 Å². The van der Waals surface area contributed by atoms with E-state index in [4.69, 9.17) is 9.47 Å². The maximum atomic E-state index is 13.2. The second-order valence-electron chi connectivity index (χ2n) is 4.59. The molecule has 0 aromatic heterocycles. The zero-order valence-corrected chi connectivity index (χ0v) is 10.2. The van der Waals surface area contributed by atoms with E-state index in [1.807, 2.05) is 0 Å². The van der Waals surface area contributed by atoms with Gasteiger partial charge in [0.25, 0.3) is 0 Å². The number of hydrogen-bond acceptors (Lipinski definition) is 3. The van der Waals surface area contributed by atoms with E-state index in [9.17, 15) is 4.39 Å². The maximum Gasteiger partial charge on any atom is 0.145 e. The second-order valence-corrected chi connectivity index (χ2v) is 4.59. The lowest BCUT2D eigenvalue weighted by Gasteiger charge is -2.32. The first kappa shape index (κ1) is 11.5. The molecule has 4 heteroatoms. The summed E-state index contributed by atoms with van der Waals surface area (Å²) in [6.07, 6.45) is 3.22. The molecule has 18 heavy (non-hydrogen) atoms. The molecule has 3 rings (SSSR count). The molecule has 0 saturated carbocycles. The number of halogens is 1. The van der Waals surface area contributed by atoms with Gasteiger partial charge in [-0.2, -0.15) is 0 Å². The molecule has 96 valence electrons. The van der Waals surface area contributed by atoms with Crippen molar-refractivity contribution in [2.45, 2.75) is 6.42 Å². The van der Waals surface area contributed by atoms with Gasteiger partial charge in [-0.15, -0.1) is 0 Å². The van der Waals surface area contributed by atoms with Crippen LogP contribution in [-0.4, -0.2) is 32.9 Å². The molecular formula is C14H16FNO2. The molecule has 0 atom stereocenters. The van der Waals surface area contributed by atoms with Crippen molar-refractivity contribution in [1.29, 1.82) is 0 Å². The van der Waals surface area contributed by atoms with Crippen LogP contribution in [-0.2, 0) is 4.74 Å². The van der Waals surface area contributed by atoms with Crippen molar-refractivity contribution in [2.24, 2.45) is 0 Å². The molecule has 2 heterocycles. The van der Waals surface area contributed by atoms with Crippen molar-refractivity contribution in [3.8, 4) is 5.75 Å². The Morgan fingerprint density at radius 3 is 3.06 bits per heavy atom. The average molecular weight is 249 g/mol. The minimum atomic E-state index is -0.254. The Bertz CT molecular complexity index is 473. The van der Waals surface area contributed by atoms with Crippen molar-refractivity contribution in [2.75, 3.05) is 37.8 Å². The molecule has 0 aliphatic carbocycles. The van der Waals surface area contributed by atoms with E-state index in [1.165, 1.54) is 17.7 Å². The highest BCUT2D eigenvalue weighted by molar-refractivity contribution is 5.60. The lowest BCUT2D eigenvalue weighted by atomic mass is 10.1. The molecule has 0 amide bonds. The van der Waals surface area contributed by atoms with Crippen molar-refractivity contribution < 1.29 is 13.9 Å². The summed E-state index contributed by atoms with van der Waals surface area (Å²) in [5.41, 5.74) is 2.26. The van der Waals surface area contributed by atoms with E-state index < -0.39 is 0 Å². The van der Waals surface area contributed by atoms with E-state index in [-0.39, 0.29) is 5.82 Å². The normalized spacial score (nSPS) is 18.9. The van der Waals surface area contributed by atoms with Crippen LogP contribution in [0.1, 0.15) is 6.42 Å². The number of anilines is 1. The minimum absolute atomic E-state index is 0.254. The molecule has 0 radical (unpaired) electrons. The van der Waals surface area contributed by atoms with Gasteiger partial charge in [-0.05, 0) is 24.1 Å². The fourth-order valence-electron chi connectivity index (χ4n) is 2.38. The van der Waals surface area contributed by atoms with Crippen LogP contribution in [0.5, 0.6) is 5.75 Å². The second kappa shape index (κ2) is 4.98. The molecule has 0 unspecified atom stereocenters. The summed E-state index contributed by atoms with van der Waals surface area (Å²) in [4.78, 5) is 2.22. The largest absolute Gasteiger partial charge is 0.489 e. The zero-order valence-electron chi connectivity index (χ0n) is 10.2. The van der Waals surface area contributed by atoms with Gasteiger partial charge in [0.1, 0.15) is 18.2 Å². The van der Waals surface area contributed by atoms with E-state index in [0.717, 1.165) is 31.8 Å². The Morgan fingerprint density at radius 2 is 2.22 bits per heavy atom. The van der Waals surface area contributed by atoms with Crippen LogP contribution in [0.25, 0.3) is 0 Å². The molecule has 0 bridgehead atoms. The van der Waals surface area contributed by atoms with Gasteiger partial charge in [0.15, 0.2) is 0 Å². The lowest BCUT2D eigenvalue weighted by molar-refractivity contribution is 0.149. The highest BCUT2D eigenvalue weighted by atomic mass is 19.1. The van der Waals surface area contributed by atoms with Crippen molar-refractivity contribution in [3.05, 3.63) is 35.7 Å². The van der Waals surface area contributed by atoms with Crippen molar-refractivity contribution >= 4 is 5.69 Å². The molecule has 2 aliphatic rings. The van der Waals surface area contributed by atoms with Crippen LogP contribution < -0.4 is 9.64 Å². The molecule has 2 aliphatic heterocycles. The average Bonchev–Trinajstić information content (AvgIpc) is 2.40. The van der Waals surface area contributed by atoms with Gasteiger partial charge in [-0.3, -0.25) is 0 Å². The Balaban J connectivity index is 1.80.